The molecule has 0 radical (unpaired) electrons. The van der Waals surface area contributed by atoms with E-state index in [2.05, 4.69) is 6.58 Å². The zero-order valence-electron chi connectivity index (χ0n) is 12.6. The summed E-state index contributed by atoms with van der Waals surface area (Å²) in [6.45, 7) is 10.7. The lowest BCUT2D eigenvalue weighted by Gasteiger charge is -2.24. The van der Waals surface area contributed by atoms with Crippen molar-refractivity contribution in [2.75, 3.05) is 6.79 Å². The third-order valence-corrected chi connectivity index (χ3v) is 3.47. The van der Waals surface area contributed by atoms with Crippen LogP contribution < -0.4 is 9.47 Å². The van der Waals surface area contributed by atoms with Crippen molar-refractivity contribution in [2.45, 2.75) is 39.5 Å². The van der Waals surface area contributed by atoms with Gasteiger partial charge in [-0.2, -0.15) is 0 Å². The molecule has 2 aliphatic heterocycles. The largest absolute Gasteiger partial charge is 0.454 e. The van der Waals surface area contributed by atoms with Crippen LogP contribution in [-0.4, -0.2) is 23.4 Å². The summed E-state index contributed by atoms with van der Waals surface area (Å²) in [5.41, 5.74) is 2.52. The number of carbonyl (C=O) groups is 1. The summed E-state index contributed by atoms with van der Waals surface area (Å²) in [5, 5.41) is 0. The van der Waals surface area contributed by atoms with Crippen molar-refractivity contribution in [1.82, 2.24) is 4.90 Å². The van der Waals surface area contributed by atoms with Gasteiger partial charge in [0, 0.05) is 12.1 Å². The molecule has 0 N–H and O–H groups in total. The molecule has 5 heteroatoms. The van der Waals surface area contributed by atoms with Gasteiger partial charge in [0.05, 0.1) is 6.54 Å². The van der Waals surface area contributed by atoms with Crippen molar-refractivity contribution in [1.29, 1.82) is 0 Å². The number of ether oxygens (including phenoxy) is 3. The molecule has 2 aliphatic rings. The third kappa shape index (κ3) is 2.44. The van der Waals surface area contributed by atoms with E-state index in [0.717, 1.165) is 28.2 Å². The fourth-order valence-electron chi connectivity index (χ4n) is 2.61. The Bertz CT molecular complexity index is 616. The second-order valence-electron chi connectivity index (χ2n) is 6.20. The molecule has 0 aromatic heterocycles. The molecule has 0 saturated heterocycles. The summed E-state index contributed by atoms with van der Waals surface area (Å²) in [7, 11) is 0. The molecular formula is C16H19NO4. The quantitative estimate of drug-likeness (QED) is 0.796. The smallest absolute Gasteiger partial charge is 0.410 e. The monoisotopic (exact) mass is 289 g/mol. The van der Waals surface area contributed by atoms with Gasteiger partial charge in [0.2, 0.25) is 6.79 Å². The van der Waals surface area contributed by atoms with Crippen LogP contribution in [0.2, 0.25) is 0 Å². The van der Waals surface area contributed by atoms with Gasteiger partial charge in [-0.3, -0.25) is 4.90 Å². The zero-order valence-corrected chi connectivity index (χ0v) is 12.6. The molecule has 5 nitrogen and oxygen atoms in total. The van der Waals surface area contributed by atoms with Crippen LogP contribution in [0.1, 0.15) is 37.5 Å². The minimum atomic E-state index is -0.499. The summed E-state index contributed by atoms with van der Waals surface area (Å²) in [5.74, 6) is 1.43. The van der Waals surface area contributed by atoms with Gasteiger partial charge >= 0.3 is 6.09 Å². The van der Waals surface area contributed by atoms with E-state index in [1.807, 2.05) is 26.8 Å². The molecule has 21 heavy (non-hydrogen) atoms. The number of benzene rings is 1. The summed E-state index contributed by atoms with van der Waals surface area (Å²) in [4.78, 5) is 13.9. The van der Waals surface area contributed by atoms with Gasteiger partial charge in [-0.05, 0) is 38.0 Å². The van der Waals surface area contributed by atoms with E-state index in [-0.39, 0.29) is 12.9 Å². The van der Waals surface area contributed by atoms with Gasteiger partial charge in [0.1, 0.15) is 5.60 Å². The van der Waals surface area contributed by atoms with Crippen LogP contribution in [-0.2, 0) is 17.8 Å². The SMILES string of the molecule is C=Cc1c2c(cc3c1OCO3)CN(C(=O)OC(C)(C)C)C2. The normalized spacial score (nSPS) is 15.9. The number of hydrogen-bond acceptors (Lipinski definition) is 4. The first-order valence-electron chi connectivity index (χ1n) is 6.94. The van der Waals surface area contributed by atoms with Gasteiger partial charge in [0.15, 0.2) is 11.5 Å². The van der Waals surface area contributed by atoms with Gasteiger partial charge in [-0.15, -0.1) is 0 Å². The van der Waals surface area contributed by atoms with Gasteiger partial charge in [0.25, 0.3) is 0 Å². The minimum absolute atomic E-state index is 0.231. The topological polar surface area (TPSA) is 48.0 Å². The van der Waals surface area contributed by atoms with Crippen LogP contribution in [0.5, 0.6) is 11.5 Å². The van der Waals surface area contributed by atoms with Gasteiger partial charge < -0.3 is 14.2 Å². The molecule has 2 heterocycles. The lowest BCUT2D eigenvalue weighted by atomic mass is 10.0. The van der Waals surface area contributed by atoms with Gasteiger partial charge in [-0.1, -0.05) is 12.7 Å². The predicted molar refractivity (Wildman–Crippen MR) is 78.1 cm³/mol. The molecule has 1 aromatic rings. The van der Waals surface area contributed by atoms with Crippen LogP contribution in [0.4, 0.5) is 4.79 Å². The van der Waals surface area contributed by atoms with Crippen LogP contribution in [0, 0.1) is 0 Å². The first-order chi connectivity index (χ1) is 9.89. The Morgan fingerprint density at radius 2 is 2.14 bits per heavy atom. The van der Waals surface area contributed by atoms with Crippen LogP contribution >= 0.6 is 0 Å². The van der Waals surface area contributed by atoms with Crippen LogP contribution in [0.3, 0.4) is 0 Å². The molecule has 0 spiro atoms. The molecule has 112 valence electrons. The standard InChI is InChI=1S/C16H19NO4/c1-5-11-12-8-17(15(18)21-16(2,3)4)7-10(12)6-13-14(11)20-9-19-13/h5-6H,1,7-9H2,2-4H3. The Morgan fingerprint density at radius 1 is 1.38 bits per heavy atom. The number of carbonyl (C=O) groups excluding carboxylic acids is 1. The van der Waals surface area contributed by atoms with Crippen LogP contribution in [0.25, 0.3) is 6.08 Å². The molecule has 0 saturated carbocycles. The van der Waals surface area contributed by atoms with Crippen molar-refractivity contribution >= 4 is 12.2 Å². The highest BCUT2D eigenvalue weighted by Gasteiger charge is 2.32. The van der Waals surface area contributed by atoms with E-state index in [4.69, 9.17) is 14.2 Å². The molecule has 0 bridgehead atoms. The molecule has 3 rings (SSSR count). The lowest BCUT2D eigenvalue weighted by molar-refractivity contribution is 0.0241. The third-order valence-electron chi connectivity index (χ3n) is 3.47. The highest BCUT2D eigenvalue weighted by molar-refractivity contribution is 5.73. The Labute approximate surface area is 124 Å². The second-order valence-corrected chi connectivity index (χ2v) is 6.20. The highest BCUT2D eigenvalue weighted by atomic mass is 16.7. The second kappa shape index (κ2) is 4.69. The lowest BCUT2D eigenvalue weighted by Crippen LogP contribution is -2.33. The molecule has 0 fully saturated rings. The highest BCUT2D eigenvalue weighted by Crippen LogP contribution is 2.43. The zero-order chi connectivity index (χ0) is 15.2. The van der Waals surface area contributed by atoms with E-state index in [1.54, 1.807) is 11.0 Å². The minimum Gasteiger partial charge on any atom is -0.454 e. The van der Waals surface area contributed by atoms with Crippen molar-refractivity contribution in [3.05, 3.63) is 29.3 Å². The maximum absolute atomic E-state index is 12.2. The number of rotatable bonds is 1. The Balaban J connectivity index is 1.88. The molecular weight excluding hydrogens is 270 g/mol. The Hall–Kier alpha value is -2.17. The average molecular weight is 289 g/mol. The fourth-order valence-corrected chi connectivity index (χ4v) is 2.61. The fraction of sp³-hybridized carbons (Fsp3) is 0.438. The average Bonchev–Trinajstić information content (AvgIpc) is 2.98. The maximum atomic E-state index is 12.2. The molecule has 0 aliphatic carbocycles. The molecule has 0 atom stereocenters. The van der Waals surface area contributed by atoms with Crippen molar-refractivity contribution in [3.63, 3.8) is 0 Å². The Kier molecular flexibility index (Phi) is 3.08. The predicted octanol–water partition coefficient (Wildman–Crippen LogP) is 3.31. The first-order valence-corrected chi connectivity index (χ1v) is 6.94. The van der Waals surface area contributed by atoms with E-state index in [1.165, 1.54) is 0 Å². The molecule has 1 aromatic carbocycles. The first kappa shape index (κ1) is 13.8. The maximum Gasteiger partial charge on any atom is 0.410 e. The van der Waals surface area contributed by atoms with E-state index < -0.39 is 5.60 Å². The number of nitrogens with zero attached hydrogens (tertiary/aromatic N) is 1. The number of amides is 1. The van der Waals surface area contributed by atoms with E-state index in [0.29, 0.717) is 13.1 Å². The van der Waals surface area contributed by atoms with Crippen molar-refractivity contribution in [3.8, 4) is 11.5 Å². The van der Waals surface area contributed by atoms with Crippen molar-refractivity contribution in [2.24, 2.45) is 0 Å². The van der Waals surface area contributed by atoms with Crippen molar-refractivity contribution < 1.29 is 19.0 Å². The molecule has 0 unspecified atom stereocenters. The van der Waals surface area contributed by atoms with Crippen LogP contribution in [0.15, 0.2) is 12.6 Å². The van der Waals surface area contributed by atoms with E-state index in [9.17, 15) is 4.79 Å². The summed E-state index contributed by atoms with van der Waals surface area (Å²) in [6, 6.07) is 1.94. The summed E-state index contributed by atoms with van der Waals surface area (Å²) >= 11 is 0. The Morgan fingerprint density at radius 3 is 2.81 bits per heavy atom. The molecule has 1 amide bonds. The number of hydrogen-bond donors (Lipinski definition) is 0. The summed E-state index contributed by atoms with van der Waals surface area (Å²) in [6.07, 6.45) is 1.45. The van der Waals surface area contributed by atoms with Gasteiger partial charge in [-0.25, -0.2) is 4.79 Å². The van der Waals surface area contributed by atoms with E-state index >= 15 is 0 Å². The number of fused-ring (bicyclic) bond motifs is 2. The summed E-state index contributed by atoms with van der Waals surface area (Å²) < 4.78 is 16.4.